The number of halogens is 1. The maximum absolute atomic E-state index is 15.4. The van der Waals surface area contributed by atoms with Gasteiger partial charge >= 0.3 is 0 Å². The van der Waals surface area contributed by atoms with Crippen LogP contribution in [0.15, 0.2) is 55.0 Å². The molecule has 0 aliphatic carbocycles. The second kappa shape index (κ2) is 7.41. The number of nitrogen functional groups attached to an aromatic ring is 1. The summed E-state index contributed by atoms with van der Waals surface area (Å²) in [6.45, 7) is 2.54. The van der Waals surface area contributed by atoms with E-state index >= 15 is 4.39 Å². The monoisotopic (exact) mass is 454 g/mol. The maximum atomic E-state index is 15.4. The standard InChI is InChI=1S/C26H23FN6O/c1-14-22(17-5-3-4-6-21(17)31-14)18-9-10-33(26(18)34)15-7-8-16(20(27)11-15)19-12-32(2)25-23(19)24(28)29-13-30-25/h3-8,11-13,18,31H,9-10H2,1-2H3,(H2,28,29,30). The van der Waals surface area contributed by atoms with Crippen molar-refractivity contribution in [1.29, 1.82) is 0 Å². The molecule has 8 heteroatoms. The zero-order valence-electron chi connectivity index (χ0n) is 18.8. The first-order valence-corrected chi connectivity index (χ1v) is 11.2. The van der Waals surface area contributed by atoms with Crippen LogP contribution in [0.5, 0.6) is 0 Å². The van der Waals surface area contributed by atoms with E-state index in [1.165, 1.54) is 12.4 Å². The van der Waals surface area contributed by atoms with E-state index in [1.807, 2.05) is 38.2 Å². The van der Waals surface area contributed by atoms with Gasteiger partial charge in [-0.25, -0.2) is 14.4 Å². The molecule has 1 aliphatic heterocycles. The van der Waals surface area contributed by atoms with E-state index in [4.69, 9.17) is 5.73 Å². The lowest BCUT2D eigenvalue weighted by atomic mass is 9.95. The summed E-state index contributed by atoms with van der Waals surface area (Å²) in [5, 5.41) is 1.68. The third-order valence-corrected chi connectivity index (χ3v) is 6.83. The fourth-order valence-electron chi connectivity index (χ4n) is 5.28. The average molecular weight is 455 g/mol. The number of hydrogen-bond donors (Lipinski definition) is 2. The summed E-state index contributed by atoms with van der Waals surface area (Å²) in [5.74, 6) is -0.389. The van der Waals surface area contributed by atoms with Gasteiger partial charge in [-0.3, -0.25) is 4.79 Å². The van der Waals surface area contributed by atoms with Gasteiger partial charge in [-0.05, 0) is 43.2 Å². The first kappa shape index (κ1) is 20.4. The van der Waals surface area contributed by atoms with Crippen LogP contribution in [-0.4, -0.2) is 32.0 Å². The number of para-hydroxylation sites is 1. The number of aryl methyl sites for hydroxylation is 2. The number of aromatic nitrogens is 4. The summed E-state index contributed by atoms with van der Waals surface area (Å²) >= 11 is 0. The van der Waals surface area contributed by atoms with Crippen LogP contribution in [0.25, 0.3) is 33.1 Å². The normalized spacial score (nSPS) is 16.3. The van der Waals surface area contributed by atoms with Crippen molar-refractivity contribution in [2.45, 2.75) is 19.3 Å². The molecule has 1 amide bonds. The Labute approximate surface area is 195 Å². The number of hydrogen-bond acceptors (Lipinski definition) is 4. The number of carbonyl (C=O) groups excluding carboxylic acids is 1. The molecule has 0 radical (unpaired) electrons. The highest BCUT2D eigenvalue weighted by molar-refractivity contribution is 6.04. The molecule has 1 atom stereocenters. The molecule has 34 heavy (non-hydrogen) atoms. The van der Waals surface area contributed by atoms with Gasteiger partial charge in [0.1, 0.15) is 23.6 Å². The van der Waals surface area contributed by atoms with Crippen LogP contribution in [0.4, 0.5) is 15.9 Å². The Bertz CT molecular complexity index is 1600. The van der Waals surface area contributed by atoms with Crippen molar-refractivity contribution in [3.63, 3.8) is 0 Å². The minimum absolute atomic E-state index is 0.0113. The van der Waals surface area contributed by atoms with Crippen LogP contribution >= 0.6 is 0 Å². The van der Waals surface area contributed by atoms with Crippen LogP contribution in [0, 0.1) is 12.7 Å². The molecule has 6 rings (SSSR count). The molecule has 3 aromatic heterocycles. The second-order valence-corrected chi connectivity index (χ2v) is 8.82. The summed E-state index contributed by atoms with van der Waals surface area (Å²) in [7, 11) is 1.83. The van der Waals surface area contributed by atoms with Crippen molar-refractivity contribution in [2.24, 2.45) is 7.05 Å². The molecule has 5 aromatic rings. The van der Waals surface area contributed by atoms with Gasteiger partial charge in [0.15, 0.2) is 0 Å². The number of amides is 1. The van der Waals surface area contributed by atoms with Crippen molar-refractivity contribution >= 4 is 39.3 Å². The molecule has 0 spiro atoms. The Hall–Kier alpha value is -4.20. The van der Waals surface area contributed by atoms with Crippen molar-refractivity contribution in [1.82, 2.24) is 19.5 Å². The molecule has 1 fully saturated rings. The van der Waals surface area contributed by atoms with Crippen LogP contribution < -0.4 is 10.6 Å². The van der Waals surface area contributed by atoms with Crippen molar-refractivity contribution in [2.75, 3.05) is 17.2 Å². The summed E-state index contributed by atoms with van der Waals surface area (Å²) in [4.78, 5) is 26.8. The van der Waals surface area contributed by atoms with Gasteiger partial charge in [0, 0.05) is 53.2 Å². The maximum Gasteiger partial charge on any atom is 0.234 e. The fraction of sp³-hybridized carbons (Fsp3) is 0.192. The van der Waals surface area contributed by atoms with E-state index < -0.39 is 5.82 Å². The summed E-state index contributed by atoms with van der Waals surface area (Å²) < 4.78 is 17.2. The molecular formula is C26H23FN6O. The number of H-pyrrole nitrogens is 1. The summed E-state index contributed by atoms with van der Waals surface area (Å²) in [6, 6.07) is 12.9. The zero-order chi connectivity index (χ0) is 23.6. The van der Waals surface area contributed by atoms with E-state index in [0.717, 1.165) is 22.2 Å². The van der Waals surface area contributed by atoms with E-state index in [1.54, 1.807) is 27.8 Å². The Morgan fingerprint density at radius 1 is 1.15 bits per heavy atom. The molecular weight excluding hydrogens is 431 g/mol. The van der Waals surface area contributed by atoms with Gasteiger partial charge < -0.3 is 20.2 Å². The van der Waals surface area contributed by atoms with Gasteiger partial charge in [0.05, 0.1) is 11.3 Å². The lowest BCUT2D eigenvalue weighted by Crippen LogP contribution is -2.26. The highest BCUT2D eigenvalue weighted by Crippen LogP contribution is 2.39. The quantitative estimate of drug-likeness (QED) is 0.414. The molecule has 0 saturated carbocycles. The van der Waals surface area contributed by atoms with Gasteiger partial charge in [0.25, 0.3) is 0 Å². The Morgan fingerprint density at radius 2 is 1.97 bits per heavy atom. The predicted octanol–water partition coefficient (Wildman–Crippen LogP) is 4.67. The minimum Gasteiger partial charge on any atom is -0.383 e. The third-order valence-electron chi connectivity index (χ3n) is 6.83. The first-order valence-electron chi connectivity index (χ1n) is 11.2. The third kappa shape index (κ3) is 2.91. The van der Waals surface area contributed by atoms with E-state index in [9.17, 15) is 4.79 Å². The first-order chi connectivity index (χ1) is 16.4. The molecule has 4 heterocycles. The van der Waals surface area contributed by atoms with Gasteiger partial charge in [-0.2, -0.15) is 0 Å². The van der Waals surface area contributed by atoms with Crippen molar-refractivity contribution in [3.05, 3.63) is 72.1 Å². The van der Waals surface area contributed by atoms with E-state index in [0.29, 0.717) is 46.6 Å². The second-order valence-electron chi connectivity index (χ2n) is 8.82. The average Bonchev–Trinajstić information content (AvgIpc) is 3.46. The number of anilines is 2. The Balaban J connectivity index is 1.36. The SMILES string of the molecule is Cc1[nH]c2ccccc2c1C1CCN(c2ccc(-c3cn(C)c4ncnc(N)c34)c(F)c2)C1=O. The lowest BCUT2D eigenvalue weighted by Gasteiger charge is -2.18. The summed E-state index contributed by atoms with van der Waals surface area (Å²) in [5.41, 5.74) is 11.3. The molecule has 1 saturated heterocycles. The van der Waals surface area contributed by atoms with Crippen LogP contribution in [0.3, 0.4) is 0 Å². The topological polar surface area (TPSA) is 92.8 Å². The number of rotatable bonds is 3. The molecule has 3 N–H and O–H groups in total. The number of benzene rings is 2. The molecule has 170 valence electrons. The molecule has 7 nitrogen and oxygen atoms in total. The Morgan fingerprint density at radius 3 is 2.79 bits per heavy atom. The van der Waals surface area contributed by atoms with Crippen molar-refractivity contribution in [3.8, 4) is 11.1 Å². The number of fused-ring (bicyclic) bond motifs is 2. The van der Waals surface area contributed by atoms with Gasteiger partial charge in [-0.1, -0.05) is 18.2 Å². The smallest absolute Gasteiger partial charge is 0.234 e. The van der Waals surface area contributed by atoms with Gasteiger partial charge in [-0.15, -0.1) is 0 Å². The van der Waals surface area contributed by atoms with Gasteiger partial charge in [0.2, 0.25) is 5.91 Å². The van der Waals surface area contributed by atoms with Crippen LogP contribution in [0.2, 0.25) is 0 Å². The fourth-order valence-corrected chi connectivity index (χ4v) is 5.28. The number of carbonyl (C=O) groups is 1. The highest BCUT2D eigenvalue weighted by Gasteiger charge is 2.36. The minimum atomic E-state index is -0.423. The molecule has 1 unspecified atom stereocenters. The number of nitrogens with two attached hydrogens (primary N) is 1. The number of aromatic amines is 1. The zero-order valence-corrected chi connectivity index (χ0v) is 18.8. The molecule has 2 aromatic carbocycles. The number of nitrogens with zero attached hydrogens (tertiary/aromatic N) is 4. The van der Waals surface area contributed by atoms with Crippen LogP contribution in [0.1, 0.15) is 23.6 Å². The highest BCUT2D eigenvalue weighted by atomic mass is 19.1. The van der Waals surface area contributed by atoms with Crippen LogP contribution in [-0.2, 0) is 11.8 Å². The Kier molecular flexibility index (Phi) is 4.45. The predicted molar refractivity (Wildman–Crippen MR) is 131 cm³/mol. The number of nitrogens with one attached hydrogen (secondary N) is 1. The molecule has 1 aliphatic rings. The van der Waals surface area contributed by atoms with E-state index in [2.05, 4.69) is 15.0 Å². The largest absolute Gasteiger partial charge is 0.383 e. The lowest BCUT2D eigenvalue weighted by molar-refractivity contribution is -0.118. The molecule has 0 bridgehead atoms. The van der Waals surface area contributed by atoms with E-state index in [-0.39, 0.29) is 11.8 Å². The summed E-state index contributed by atoms with van der Waals surface area (Å²) in [6.07, 6.45) is 3.87. The van der Waals surface area contributed by atoms with Crippen molar-refractivity contribution < 1.29 is 9.18 Å².